The van der Waals surface area contributed by atoms with Gasteiger partial charge in [-0.15, -0.1) is 11.3 Å². The SMILES string of the molecule is NC(=NC1CCCc2sccc21)c1ccccc1. The maximum absolute atomic E-state index is 6.11. The number of thiophene rings is 1. The zero-order chi connectivity index (χ0) is 12.4. The van der Waals surface area contributed by atoms with Crippen molar-refractivity contribution < 1.29 is 0 Å². The van der Waals surface area contributed by atoms with E-state index in [1.165, 1.54) is 23.3 Å². The van der Waals surface area contributed by atoms with Crippen LogP contribution in [0.1, 0.15) is 34.9 Å². The fourth-order valence-electron chi connectivity index (χ4n) is 2.45. The van der Waals surface area contributed by atoms with Crippen LogP contribution < -0.4 is 5.73 Å². The van der Waals surface area contributed by atoms with Crippen LogP contribution in [0.15, 0.2) is 46.8 Å². The monoisotopic (exact) mass is 256 g/mol. The summed E-state index contributed by atoms with van der Waals surface area (Å²) in [6, 6.07) is 12.5. The Kier molecular flexibility index (Phi) is 3.15. The molecule has 1 atom stereocenters. The maximum atomic E-state index is 6.11. The summed E-state index contributed by atoms with van der Waals surface area (Å²) in [5.74, 6) is 0.652. The first kappa shape index (κ1) is 11.5. The van der Waals surface area contributed by atoms with E-state index in [1.807, 2.05) is 41.7 Å². The van der Waals surface area contributed by atoms with E-state index in [1.54, 1.807) is 0 Å². The Morgan fingerprint density at radius 1 is 1.22 bits per heavy atom. The van der Waals surface area contributed by atoms with E-state index < -0.39 is 0 Å². The second-order valence-electron chi connectivity index (χ2n) is 4.59. The van der Waals surface area contributed by atoms with Gasteiger partial charge in [-0.05, 0) is 36.3 Å². The zero-order valence-electron chi connectivity index (χ0n) is 10.2. The molecule has 1 aliphatic rings. The standard InChI is InChI=1S/C15H16N2S/c16-15(11-5-2-1-3-6-11)17-13-7-4-8-14-12(13)9-10-18-14/h1-3,5-6,9-10,13H,4,7-8H2,(H2,16,17). The highest BCUT2D eigenvalue weighted by Crippen LogP contribution is 2.35. The summed E-state index contributed by atoms with van der Waals surface area (Å²) < 4.78 is 0. The molecule has 1 aromatic heterocycles. The Morgan fingerprint density at radius 2 is 2.06 bits per heavy atom. The van der Waals surface area contributed by atoms with Crippen molar-refractivity contribution in [2.45, 2.75) is 25.3 Å². The van der Waals surface area contributed by atoms with E-state index in [0.29, 0.717) is 5.84 Å². The molecule has 3 rings (SSSR count). The number of nitrogens with zero attached hydrogens (tertiary/aromatic N) is 1. The maximum Gasteiger partial charge on any atom is 0.126 e. The third-order valence-corrected chi connectivity index (χ3v) is 4.38. The van der Waals surface area contributed by atoms with Gasteiger partial charge in [-0.2, -0.15) is 0 Å². The molecule has 2 N–H and O–H groups in total. The van der Waals surface area contributed by atoms with Gasteiger partial charge in [-0.1, -0.05) is 30.3 Å². The average molecular weight is 256 g/mol. The number of aryl methyl sites for hydroxylation is 1. The third-order valence-electron chi connectivity index (χ3n) is 3.38. The summed E-state index contributed by atoms with van der Waals surface area (Å²) in [5.41, 5.74) is 8.50. The number of hydrogen-bond acceptors (Lipinski definition) is 2. The molecule has 0 spiro atoms. The topological polar surface area (TPSA) is 38.4 Å². The first-order chi connectivity index (χ1) is 8.84. The average Bonchev–Trinajstić information content (AvgIpc) is 2.89. The van der Waals surface area contributed by atoms with Crippen molar-refractivity contribution in [1.29, 1.82) is 0 Å². The molecule has 92 valence electrons. The summed E-state index contributed by atoms with van der Waals surface area (Å²) in [6.07, 6.45) is 3.52. The first-order valence-corrected chi connectivity index (χ1v) is 7.17. The zero-order valence-corrected chi connectivity index (χ0v) is 11.0. The van der Waals surface area contributed by atoms with Gasteiger partial charge in [0.2, 0.25) is 0 Å². The van der Waals surface area contributed by atoms with Crippen LogP contribution in [0, 0.1) is 0 Å². The summed E-state index contributed by atoms with van der Waals surface area (Å²) in [7, 11) is 0. The quantitative estimate of drug-likeness (QED) is 0.648. The van der Waals surface area contributed by atoms with Gasteiger partial charge in [0.1, 0.15) is 5.84 Å². The van der Waals surface area contributed by atoms with Crippen LogP contribution >= 0.6 is 11.3 Å². The minimum Gasteiger partial charge on any atom is -0.383 e. The lowest BCUT2D eigenvalue weighted by Gasteiger charge is -2.19. The van der Waals surface area contributed by atoms with Crippen molar-refractivity contribution in [3.05, 3.63) is 57.8 Å². The Labute approximate surface area is 111 Å². The highest BCUT2D eigenvalue weighted by Gasteiger charge is 2.20. The van der Waals surface area contributed by atoms with Crippen LogP contribution in [0.4, 0.5) is 0 Å². The molecule has 1 aliphatic carbocycles. The summed E-state index contributed by atoms with van der Waals surface area (Å²) >= 11 is 1.84. The van der Waals surface area contributed by atoms with Crippen molar-refractivity contribution >= 4 is 17.2 Å². The molecule has 2 nitrogen and oxygen atoms in total. The van der Waals surface area contributed by atoms with Crippen LogP contribution in [-0.2, 0) is 6.42 Å². The molecule has 1 unspecified atom stereocenters. The molecule has 3 heteroatoms. The minimum absolute atomic E-state index is 0.250. The van der Waals surface area contributed by atoms with E-state index in [4.69, 9.17) is 10.7 Å². The lowest BCUT2D eigenvalue weighted by Crippen LogP contribution is -2.16. The normalized spacial score (nSPS) is 19.6. The molecule has 2 aromatic rings. The van der Waals surface area contributed by atoms with E-state index in [9.17, 15) is 0 Å². The predicted octanol–water partition coefficient (Wildman–Crippen LogP) is 3.53. The first-order valence-electron chi connectivity index (χ1n) is 6.29. The van der Waals surface area contributed by atoms with Gasteiger partial charge in [-0.25, -0.2) is 0 Å². The molecule has 0 amide bonds. The second-order valence-corrected chi connectivity index (χ2v) is 5.59. The van der Waals surface area contributed by atoms with Crippen molar-refractivity contribution in [2.24, 2.45) is 10.7 Å². The lowest BCUT2D eigenvalue weighted by atomic mass is 9.94. The molecule has 0 radical (unpaired) electrons. The molecule has 0 fully saturated rings. The van der Waals surface area contributed by atoms with E-state index in [-0.39, 0.29) is 6.04 Å². The number of nitrogens with two attached hydrogens (primary N) is 1. The summed E-state index contributed by atoms with van der Waals surface area (Å²) in [5, 5.41) is 2.16. The van der Waals surface area contributed by atoms with Gasteiger partial charge in [0.25, 0.3) is 0 Å². The van der Waals surface area contributed by atoms with Gasteiger partial charge in [0, 0.05) is 10.4 Å². The molecule has 0 saturated heterocycles. The smallest absolute Gasteiger partial charge is 0.126 e. The van der Waals surface area contributed by atoms with Gasteiger partial charge in [-0.3, -0.25) is 4.99 Å². The lowest BCUT2D eigenvalue weighted by molar-refractivity contribution is 0.580. The van der Waals surface area contributed by atoms with Gasteiger partial charge in [0.05, 0.1) is 6.04 Å². The largest absolute Gasteiger partial charge is 0.383 e. The molecule has 18 heavy (non-hydrogen) atoms. The third kappa shape index (κ3) is 2.18. The Morgan fingerprint density at radius 3 is 2.89 bits per heavy atom. The molecule has 1 heterocycles. The van der Waals surface area contributed by atoms with E-state index >= 15 is 0 Å². The van der Waals surface area contributed by atoms with Crippen molar-refractivity contribution in [2.75, 3.05) is 0 Å². The highest BCUT2D eigenvalue weighted by molar-refractivity contribution is 7.10. The molecule has 0 aliphatic heterocycles. The molecular formula is C15H16N2S. The van der Waals surface area contributed by atoms with Crippen LogP contribution in [0.5, 0.6) is 0 Å². The van der Waals surface area contributed by atoms with Crippen molar-refractivity contribution in [3.63, 3.8) is 0 Å². The molecular weight excluding hydrogens is 240 g/mol. The Bertz CT molecular complexity index is 557. The fourth-order valence-corrected chi connectivity index (χ4v) is 3.43. The van der Waals surface area contributed by atoms with Crippen molar-refractivity contribution in [3.8, 4) is 0 Å². The highest BCUT2D eigenvalue weighted by atomic mass is 32.1. The molecule has 0 bridgehead atoms. The van der Waals surface area contributed by atoms with Crippen molar-refractivity contribution in [1.82, 2.24) is 0 Å². The number of amidine groups is 1. The van der Waals surface area contributed by atoms with Gasteiger partial charge >= 0.3 is 0 Å². The Hall–Kier alpha value is -1.61. The molecule has 0 saturated carbocycles. The molecule has 1 aromatic carbocycles. The number of aliphatic imine (C=N–C) groups is 1. The van der Waals surface area contributed by atoms with E-state index in [0.717, 1.165) is 12.0 Å². The number of benzene rings is 1. The number of fused-ring (bicyclic) bond motifs is 1. The van der Waals surface area contributed by atoms with Crippen LogP contribution in [-0.4, -0.2) is 5.84 Å². The predicted molar refractivity (Wildman–Crippen MR) is 77.2 cm³/mol. The minimum atomic E-state index is 0.250. The van der Waals surface area contributed by atoms with Crippen LogP contribution in [0.3, 0.4) is 0 Å². The Balaban J connectivity index is 1.90. The van der Waals surface area contributed by atoms with Gasteiger partial charge in [0.15, 0.2) is 0 Å². The van der Waals surface area contributed by atoms with Crippen LogP contribution in [0.25, 0.3) is 0 Å². The fraction of sp³-hybridized carbons (Fsp3) is 0.267. The summed E-state index contributed by atoms with van der Waals surface area (Å²) in [6.45, 7) is 0. The van der Waals surface area contributed by atoms with E-state index in [2.05, 4.69) is 11.4 Å². The number of hydrogen-bond donors (Lipinski definition) is 1. The summed E-state index contributed by atoms with van der Waals surface area (Å²) in [4.78, 5) is 6.20. The number of rotatable bonds is 2. The van der Waals surface area contributed by atoms with Crippen LogP contribution in [0.2, 0.25) is 0 Å². The second kappa shape index (κ2) is 4.94. The van der Waals surface area contributed by atoms with Gasteiger partial charge < -0.3 is 5.73 Å².